The van der Waals surface area contributed by atoms with E-state index in [4.69, 9.17) is 4.74 Å². The molecule has 0 atom stereocenters. The van der Waals surface area contributed by atoms with Crippen molar-refractivity contribution in [1.82, 2.24) is 0 Å². The molecule has 0 aliphatic rings. The number of aryl methyl sites for hydroxylation is 1. The van der Waals surface area contributed by atoms with Gasteiger partial charge in [0.2, 0.25) is 0 Å². The Balaban J connectivity index is 2.63. The maximum Gasteiger partial charge on any atom is 0.330 e. The topological polar surface area (TPSA) is 26.3 Å². The number of ether oxygens (including phenoxy) is 1. The molecule has 0 aliphatic carbocycles. The first kappa shape index (κ1) is 12.5. The smallest absolute Gasteiger partial charge is 0.330 e. The fraction of sp³-hybridized carbons (Fsp3) is 0.357. The van der Waals surface area contributed by atoms with E-state index in [9.17, 15) is 4.79 Å². The van der Waals surface area contributed by atoms with Gasteiger partial charge >= 0.3 is 5.97 Å². The fourth-order valence-electron chi connectivity index (χ4n) is 1.52. The summed E-state index contributed by atoms with van der Waals surface area (Å²) in [4.78, 5) is 11.0. The van der Waals surface area contributed by atoms with Crippen LogP contribution in [0.4, 0.5) is 0 Å². The van der Waals surface area contributed by atoms with Crippen molar-refractivity contribution in [3.8, 4) is 0 Å². The summed E-state index contributed by atoms with van der Waals surface area (Å²) >= 11 is 0. The van der Waals surface area contributed by atoms with E-state index < -0.39 is 0 Å². The van der Waals surface area contributed by atoms with Gasteiger partial charge in [0.25, 0.3) is 0 Å². The van der Waals surface area contributed by atoms with Gasteiger partial charge < -0.3 is 4.74 Å². The summed E-state index contributed by atoms with van der Waals surface area (Å²) in [5, 5.41) is 0. The molecule has 86 valence electrons. The van der Waals surface area contributed by atoms with E-state index in [0.29, 0.717) is 6.61 Å². The van der Waals surface area contributed by atoms with Gasteiger partial charge in [-0.15, -0.1) is 0 Å². The molecule has 2 heteroatoms. The van der Waals surface area contributed by atoms with E-state index in [1.165, 1.54) is 18.1 Å². The Hall–Kier alpha value is -1.57. The van der Waals surface area contributed by atoms with Crippen molar-refractivity contribution < 1.29 is 9.53 Å². The highest BCUT2D eigenvalue weighted by atomic mass is 16.5. The zero-order valence-electron chi connectivity index (χ0n) is 9.74. The van der Waals surface area contributed by atoms with Gasteiger partial charge in [0.05, 0.1) is 0 Å². The minimum atomic E-state index is -0.370. The minimum absolute atomic E-state index is 0.338. The van der Waals surface area contributed by atoms with E-state index in [2.05, 4.69) is 19.6 Å². The van der Waals surface area contributed by atoms with Crippen LogP contribution in [0.25, 0.3) is 0 Å². The van der Waals surface area contributed by atoms with Gasteiger partial charge in [0, 0.05) is 6.08 Å². The van der Waals surface area contributed by atoms with Crippen LogP contribution in [0, 0.1) is 0 Å². The van der Waals surface area contributed by atoms with E-state index in [-0.39, 0.29) is 5.97 Å². The van der Waals surface area contributed by atoms with Crippen LogP contribution in [0.5, 0.6) is 0 Å². The van der Waals surface area contributed by atoms with Crippen LogP contribution in [0.2, 0.25) is 0 Å². The summed E-state index contributed by atoms with van der Waals surface area (Å²) in [6, 6.07) is 8.07. The third-order valence-corrected chi connectivity index (χ3v) is 2.45. The van der Waals surface area contributed by atoms with Crippen LogP contribution in [0.15, 0.2) is 36.9 Å². The summed E-state index contributed by atoms with van der Waals surface area (Å²) in [5.41, 5.74) is 2.35. The van der Waals surface area contributed by atoms with Crippen molar-refractivity contribution >= 4 is 5.97 Å². The summed E-state index contributed by atoms with van der Waals surface area (Å²) in [5.74, 6) is -0.370. The van der Waals surface area contributed by atoms with Gasteiger partial charge in [-0.05, 0) is 24.0 Å². The predicted octanol–water partition coefficient (Wildman–Crippen LogP) is 3.26. The number of carbonyl (C=O) groups excluding carboxylic acids is 1. The zero-order chi connectivity index (χ0) is 11.8. The van der Waals surface area contributed by atoms with E-state index >= 15 is 0 Å². The standard InChI is InChI=1S/C14H18O2/c1-3-5-8-12-9-6-7-10-13(12)11-16-14(15)4-2/h4,6-7,9-10H,2-3,5,8,11H2,1H3. The molecule has 0 heterocycles. The first-order valence-corrected chi connectivity index (χ1v) is 5.64. The quantitative estimate of drug-likeness (QED) is 0.541. The van der Waals surface area contributed by atoms with Gasteiger partial charge in [-0.1, -0.05) is 44.2 Å². The number of hydrogen-bond donors (Lipinski definition) is 0. The number of hydrogen-bond acceptors (Lipinski definition) is 2. The highest BCUT2D eigenvalue weighted by molar-refractivity contribution is 5.81. The van der Waals surface area contributed by atoms with E-state index in [0.717, 1.165) is 18.4 Å². The monoisotopic (exact) mass is 218 g/mol. The molecule has 0 radical (unpaired) electrons. The van der Waals surface area contributed by atoms with Crippen molar-refractivity contribution in [2.24, 2.45) is 0 Å². The Morgan fingerprint density at radius 1 is 1.38 bits per heavy atom. The second kappa shape index (κ2) is 6.83. The lowest BCUT2D eigenvalue weighted by molar-refractivity contribution is -0.138. The largest absolute Gasteiger partial charge is 0.458 e. The van der Waals surface area contributed by atoms with Crippen LogP contribution < -0.4 is 0 Å². The van der Waals surface area contributed by atoms with Crippen molar-refractivity contribution in [3.63, 3.8) is 0 Å². The molecule has 1 rings (SSSR count). The fourth-order valence-corrected chi connectivity index (χ4v) is 1.52. The Morgan fingerprint density at radius 3 is 2.69 bits per heavy atom. The Morgan fingerprint density at radius 2 is 2.06 bits per heavy atom. The number of benzene rings is 1. The Bertz CT molecular complexity index is 356. The molecule has 0 spiro atoms. The molecule has 0 N–H and O–H groups in total. The van der Waals surface area contributed by atoms with Crippen molar-refractivity contribution in [1.29, 1.82) is 0 Å². The first-order valence-electron chi connectivity index (χ1n) is 5.64. The normalized spacial score (nSPS) is 9.81. The highest BCUT2D eigenvalue weighted by Gasteiger charge is 2.03. The first-order chi connectivity index (χ1) is 7.77. The van der Waals surface area contributed by atoms with Crippen LogP contribution in [0.1, 0.15) is 30.9 Å². The average Bonchev–Trinajstić information content (AvgIpc) is 2.34. The van der Waals surface area contributed by atoms with Gasteiger partial charge in [0.15, 0.2) is 0 Å². The zero-order valence-corrected chi connectivity index (χ0v) is 9.74. The highest BCUT2D eigenvalue weighted by Crippen LogP contribution is 2.13. The molecule has 0 aromatic heterocycles. The van der Waals surface area contributed by atoms with E-state index in [1.54, 1.807) is 0 Å². The predicted molar refractivity (Wildman–Crippen MR) is 65.0 cm³/mol. The van der Waals surface area contributed by atoms with Crippen LogP contribution in [-0.2, 0) is 22.6 Å². The van der Waals surface area contributed by atoms with Gasteiger partial charge in [-0.25, -0.2) is 4.79 Å². The molecule has 1 aromatic carbocycles. The van der Waals surface area contributed by atoms with Gasteiger partial charge in [0.1, 0.15) is 6.61 Å². The lowest BCUT2D eigenvalue weighted by Gasteiger charge is -2.08. The number of esters is 1. The maximum atomic E-state index is 11.0. The van der Waals surface area contributed by atoms with Crippen LogP contribution >= 0.6 is 0 Å². The third-order valence-electron chi connectivity index (χ3n) is 2.45. The maximum absolute atomic E-state index is 11.0. The van der Waals surface area contributed by atoms with Gasteiger partial charge in [-0.3, -0.25) is 0 Å². The third kappa shape index (κ3) is 3.89. The lowest BCUT2D eigenvalue weighted by Crippen LogP contribution is -2.02. The van der Waals surface area contributed by atoms with Crippen LogP contribution in [0.3, 0.4) is 0 Å². The molecular formula is C14H18O2. The summed E-state index contributed by atoms with van der Waals surface area (Å²) in [7, 11) is 0. The van der Waals surface area contributed by atoms with Crippen molar-refractivity contribution in [3.05, 3.63) is 48.0 Å². The molecule has 0 aliphatic heterocycles. The molecule has 0 bridgehead atoms. The lowest BCUT2D eigenvalue weighted by atomic mass is 10.0. The molecule has 0 saturated carbocycles. The second-order valence-corrected chi connectivity index (χ2v) is 3.68. The molecular weight excluding hydrogens is 200 g/mol. The molecule has 0 fully saturated rings. The Kier molecular flexibility index (Phi) is 5.34. The molecule has 0 amide bonds. The number of unbranched alkanes of at least 4 members (excludes halogenated alkanes) is 1. The van der Waals surface area contributed by atoms with Crippen molar-refractivity contribution in [2.45, 2.75) is 32.8 Å². The number of rotatable bonds is 6. The van der Waals surface area contributed by atoms with E-state index in [1.807, 2.05) is 18.2 Å². The molecule has 16 heavy (non-hydrogen) atoms. The number of carbonyl (C=O) groups is 1. The minimum Gasteiger partial charge on any atom is -0.458 e. The molecule has 1 aromatic rings. The average molecular weight is 218 g/mol. The summed E-state index contributed by atoms with van der Waals surface area (Å²) in [6.07, 6.45) is 4.56. The van der Waals surface area contributed by atoms with Gasteiger partial charge in [-0.2, -0.15) is 0 Å². The molecule has 0 unspecified atom stereocenters. The SMILES string of the molecule is C=CC(=O)OCc1ccccc1CCCC. The summed E-state index contributed by atoms with van der Waals surface area (Å²) in [6.45, 7) is 5.88. The van der Waals surface area contributed by atoms with Crippen LogP contribution in [-0.4, -0.2) is 5.97 Å². The molecule has 2 nitrogen and oxygen atoms in total. The molecule has 0 saturated heterocycles. The van der Waals surface area contributed by atoms with Crippen molar-refractivity contribution in [2.75, 3.05) is 0 Å². The second-order valence-electron chi connectivity index (χ2n) is 3.68. The Labute approximate surface area is 96.9 Å². The summed E-state index contributed by atoms with van der Waals surface area (Å²) < 4.78 is 5.04.